The van der Waals surface area contributed by atoms with Crippen LogP contribution in [0.2, 0.25) is 0 Å². The van der Waals surface area contributed by atoms with E-state index in [1.165, 1.54) is 5.56 Å². The first-order valence-electron chi connectivity index (χ1n) is 14.3. The number of fused-ring (bicyclic) bond motifs is 1. The molecule has 1 N–H and O–H groups in total. The van der Waals surface area contributed by atoms with Crippen molar-refractivity contribution in [3.63, 3.8) is 0 Å². The smallest absolute Gasteiger partial charge is 0.241 e. The molecule has 2 aliphatic carbocycles. The predicted octanol–water partition coefficient (Wildman–Crippen LogP) is 6.39. The molecule has 0 aliphatic heterocycles. The predicted molar refractivity (Wildman–Crippen MR) is 161 cm³/mol. The van der Waals surface area contributed by atoms with Crippen LogP contribution in [0.4, 0.5) is 5.69 Å². The number of anilines is 1. The van der Waals surface area contributed by atoms with Gasteiger partial charge in [-0.3, -0.25) is 9.78 Å². The first-order chi connectivity index (χ1) is 19.8. The minimum atomic E-state index is -3.71. The van der Waals surface area contributed by atoms with E-state index in [0.29, 0.717) is 13.0 Å². The quantitative estimate of drug-likeness (QED) is 0.268. The van der Waals surface area contributed by atoms with E-state index in [1.807, 2.05) is 73.3 Å². The fourth-order valence-corrected chi connectivity index (χ4v) is 7.35. The van der Waals surface area contributed by atoms with Crippen LogP contribution < -0.4 is 9.62 Å². The number of sulfonamides is 1. The second kappa shape index (κ2) is 11.2. The number of carbonyl (C=O) groups is 1. The molecule has 0 spiro atoms. The zero-order valence-electron chi connectivity index (χ0n) is 23.5. The van der Waals surface area contributed by atoms with Gasteiger partial charge in [0.05, 0.1) is 17.1 Å². The molecule has 3 atom stereocenters. The lowest BCUT2D eigenvalue weighted by atomic mass is 9.87. The number of hydrogen-bond acceptors (Lipinski definition) is 4. The van der Waals surface area contributed by atoms with Crippen molar-refractivity contribution < 1.29 is 13.2 Å². The van der Waals surface area contributed by atoms with Crippen molar-refractivity contribution in [2.45, 2.75) is 62.9 Å². The first-order valence-corrected chi connectivity index (χ1v) is 15.8. The number of nitrogens with zero attached hydrogens (tertiary/aromatic N) is 2. The summed E-state index contributed by atoms with van der Waals surface area (Å²) in [4.78, 5) is 20.9. The molecule has 1 amide bonds. The number of carbonyl (C=O) groups excluding carboxylic acids is 1. The maximum absolute atomic E-state index is 14.1. The molecular weight excluding hydrogens is 530 g/mol. The highest BCUT2D eigenvalue weighted by Gasteiger charge is 2.46. The topological polar surface area (TPSA) is 79.4 Å². The van der Waals surface area contributed by atoms with Crippen LogP contribution in [0.1, 0.15) is 64.9 Å². The molecule has 7 heteroatoms. The van der Waals surface area contributed by atoms with E-state index < -0.39 is 10.0 Å². The van der Waals surface area contributed by atoms with E-state index in [1.54, 1.807) is 18.2 Å². The van der Waals surface area contributed by atoms with Gasteiger partial charge in [0, 0.05) is 23.3 Å². The lowest BCUT2D eigenvalue weighted by Gasteiger charge is -2.29. The molecule has 0 radical (unpaired) electrons. The van der Waals surface area contributed by atoms with E-state index in [4.69, 9.17) is 0 Å². The summed E-state index contributed by atoms with van der Waals surface area (Å²) in [7, 11) is -3.71. The molecule has 41 heavy (non-hydrogen) atoms. The molecule has 6 nitrogen and oxygen atoms in total. The zero-order valence-corrected chi connectivity index (χ0v) is 24.3. The van der Waals surface area contributed by atoms with Crippen LogP contribution in [-0.4, -0.2) is 19.3 Å². The second-order valence-electron chi connectivity index (χ2n) is 11.3. The number of aryl methyl sites for hydroxylation is 3. The van der Waals surface area contributed by atoms with Crippen LogP contribution in [0.5, 0.6) is 0 Å². The lowest BCUT2D eigenvalue weighted by molar-refractivity contribution is -0.120. The summed E-state index contributed by atoms with van der Waals surface area (Å²) < 4.78 is 29.7. The minimum Gasteiger partial charge on any atom is -0.306 e. The molecule has 6 rings (SSSR count). The van der Waals surface area contributed by atoms with Crippen LogP contribution in [0, 0.1) is 19.8 Å². The summed E-state index contributed by atoms with van der Waals surface area (Å²) in [6.45, 7) is 4.20. The zero-order chi connectivity index (χ0) is 28.6. The van der Waals surface area contributed by atoms with Gasteiger partial charge in [-0.05, 0) is 104 Å². The molecule has 2 aliphatic rings. The molecule has 0 saturated heterocycles. The highest BCUT2D eigenvalue weighted by Crippen LogP contribution is 2.49. The van der Waals surface area contributed by atoms with Gasteiger partial charge in [-0.1, -0.05) is 54.6 Å². The molecule has 0 bridgehead atoms. The van der Waals surface area contributed by atoms with Gasteiger partial charge in [0.2, 0.25) is 15.9 Å². The molecule has 210 valence electrons. The fourth-order valence-electron chi connectivity index (χ4n) is 6.00. The van der Waals surface area contributed by atoms with Crippen molar-refractivity contribution in [2.75, 3.05) is 4.90 Å². The van der Waals surface area contributed by atoms with E-state index in [0.717, 1.165) is 53.0 Å². The third-order valence-corrected chi connectivity index (χ3v) is 9.69. The number of nitrogens with one attached hydrogen (secondary N) is 1. The SMILES string of the molecule is Cc1cccc(S(=O)(=O)N[C@@H]2CCCc3ccc(N(Cc4cccc(C)n4)C(=O)[C@@H]4C[C@H]4c4ccccc4)cc32)c1. The summed E-state index contributed by atoms with van der Waals surface area (Å²) in [5.41, 5.74) is 6.64. The first kappa shape index (κ1) is 27.4. The van der Waals surface area contributed by atoms with Crippen LogP contribution in [0.25, 0.3) is 0 Å². The van der Waals surface area contributed by atoms with Crippen molar-refractivity contribution >= 4 is 21.6 Å². The van der Waals surface area contributed by atoms with Gasteiger partial charge < -0.3 is 4.90 Å². The second-order valence-corrected chi connectivity index (χ2v) is 13.0. The van der Waals surface area contributed by atoms with E-state index in [2.05, 4.69) is 27.9 Å². The summed E-state index contributed by atoms with van der Waals surface area (Å²) in [6.07, 6.45) is 3.30. The van der Waals surface area contributed by atoms with Gasteiger partial charge in [0.25, 0.3) is 0 Å². The standard InChI is InChI=1S/C34H35N3O3S/c1-23-9-6-15-29(19-23)41(39,40)36-33-16-8-13-26-17-18-28(20-31(26)33)37(22-27-14-7-10-24(2)35-27)34(38)32-21-30(32)25-11-4-3-5-12-25/h3-7,9-12,14-15,17-20,30,32-33,36H,8,13,16,21-22H2,1-2H3/t30-,32+,33+/m0/s1. The Balaban J connectivity index is 1.32. The lowest BCUT2D eigenvalue weighted by Crippen LogP contribution is -2.34. The Hall–Kier alpha value is -3.81. The van der Waals surface area contributed by atoms with E-state index in [-0.39, 0.29) is 28.7 Å². The van der Waals surface area contributed by atoms with Crippen LogP contribution in [0.15, 0.2) is 95.9 Å². The van der Waals surface area contributed by atoms with Crippen molar-refractivity contribution in [1.29, 1.82) is 0 Å². The number of benzene rings is 3. The number of aromatic nitrogens is 1. The Kier molecular flexibility index (Phi) is 7.49. The Bertz CT molecular complexity index is 1690. The monoisotopic (exact) mass is 565 g/mol. The molecule has 1 aromatic heterocycles. The van der Waals surface area contributed by atoms with E-state index >= 15 is 0 Å². The van der Waals surface area contributed by atoms with E-state index in [9.17, 15) is 13.2 Å². The maximum atomic E-state index is 14.1. The van der Waals surface area contributed by atoms with Crippen molar-refractivity contribution in [1.82, 2.24) is 9.71 Å². The summed E-state index contributed by atoms with van der Waals surface area (Å²) in [5, 5.41) is 0. The fraction of sp³-hybridized carbons (Fsp3) is 0.294. The summed E-state index contributed by atoms with van der Waals surface area (Å²) in [5.74, 6) is 0.201. The van der Waals surface area contributed by atoms with Gasteiger partial charge in [-0.15, -0.1) is 0 Å². The van der Waals surface area contributed by atoms with Gasteiger partial charge >= 0.3 is 0 Å². The van der Waals surface area contributed by atoms with Crippen LogP contribution >= 0.6 is 0 Å². The summed E-state index contributed by atoms with van der Waals surface area (Å²) >= 11 is 0. The highest BCUT2D eigenvalue weighted by molar-refractivity contribution is 7.89. The number of hydrogen-bond donors (Lipinski definition) is 1. The minimum absolute atomic E-state index is 0.0785. The number of pyridine rings is 1. The molecule has 3 aromatic carbocycles. The van der Waals surface area contributed by atoms with Crippen LogP contribution in [-0.2, 0) is 27.8 Å². The average Bonchev–Trinajstić information content (AvgIpc) is 3.77. The number of amides is 1. The van der Waals surface area contributed by atoms with Gasteiger partial charge in [-0.25, -0.2) is 13.1 Å². The van der Waals surface area contributed by atoms with Crippen molar-refractivity contribution in [3.05, 3.63) is 125 Å². The Morgan fingerprint density at radius 3 is 2.54 bits per heavy atom. The Labute approximate surface area is 242 Å². The molecule has 1 fully saturated rings. The van der Waals surface area contributed by atoms with Gasteiger partial charge in [0.1, 0.15) is 0 Å². The largest absolute Gasteiger partial charge is 0.306 e. The molecular formula is C34H35N3O3S. The van der Waals surface area contributed by atoms with Crippen molar-refractivity contribution in [3.8, 4) is 0 Å². The maximum Gasteiger partial charge on any atom is 0.241 e. The van der Waals surface area contributed by atoms with Gasteiger partial charge in [0.15, 0.2) is 0 Å². The average molecular weight is 566 g/mol. The highest BCUT2D eigenvalue weighted by atomic mass is 32.2. The Morgan fingerprint density at radius 1 is 0.951 bits per heavy atom. The van der Waals surface area contributed by atoms with Gasteiger partial charge in [-0.2, -0.15) is 0 Å². The number of rotatable bonds is 8. The summed E-state index contributed by atoms with van der Waals surface area (Å²) in [6, 6.07) is 28.8. The molecule has 0 unspecified atom stereocenters. The van der Waals surface area contributed by atoms with Crippen LogP contribution in [0.3, 0.4) is 0 Å². The molecule has 1 heterocycles. The molecule has 4 aromatic rings. The third kappa shape index (κ3) is 5.97. The third-order valence-electron chi connectivity index (χ3n) is 8.22. The molecule has 1 saturated carbocycles. The van der Waals surface area contributed by atoms with Crippen molar-refractivity contribution in [2.24, 2.45) is 5.92 Å². The Morgan fingerprint density at radius 2 is 1.76 bits per heavy atom. The normalized spacial score (nSPS) is 19.8.